The van der Waals surface area contributed by atoms with Gasteiger partial charge in [-0.1, -0.05) is 33.2 Å². The van der Waals surface area contributed by atoms with E-state index in [2.05, 4.69) is 26.1 Å². The van der Waals surface area contributed by atoms with Gasteiger partial charge in [0.15, 0.2) is 0 Å². The van der Waals surface area contributed by atoms with Crippen LogP contribution in [0, 0.1) is 4.91 Å². The van der Waals surface area contributed by atoms with Gasteiger partial charge in [-0.3, -0.25) is 4.98 Å². The molecule has 0 spiro atoms. The van der Waals surface area contributed by atoms with Crippen molar-refractivity contribution in [1.29, 1.82) is 0 Å². The molecule has 19 heavy (non-hydrogen) atoms. The van der Waals surface area contributed by atoms with Crippen LogP contribution >= 0.6 is 15.9 Å². The molecule has 1 atom stereocenters. The summed E-state index contributed by atoms with van der Waals surface area (Å²) >= 11 is 3.38. The van der Waals surface area contributed by atoms with Crippen LogP contribution in [0.4, 0.5) is 0 Å². The minimum atomic E-state index is -0.437. The van der Waals surface area contributed by atoms with Crippen molar-refractivity contribution in [3.63, 3.8) is 0 Å². The summed E-state index contributed by atoms with van der Waals surface area (Å²) in [5.74, 6) is 0.758. The predicted molar refractivity (Wildman–Crippen MR) is 77.2 cm³/mol. The molecular formula is C14H13BrN2O2. The van der Waals surface area contributed by atoms with Crippen LogP contribution in [0.3, 0.4) is 0 Å². The Hall–Kier alpha value is -1.75. The number of hydrogen-bond acceptors (Lipinski definition) is 4. The number of hydrogen-bond donors (Lipinski definition) is 0. The predicted octanol–water partition coefficient (Wildman–Crippen LogP) is 3.90. The minimum absolute atomic E-state index is 0.437. The summed E-state index contributed by atoms with van der Waals surface area (Å²) in [7, 11) is 1.61. The van der Waals surface area contributed by atoms with Gasteiger partial charge >= 0.3 is 0 Å². The Morgan fingerprint density at radius 2 is 2.05 bits per heavy atom. The topological polar surface area (TPSA) is 51.6 Å². The van der Waals surface area contributed by atoms with E-state index < -0.39 is 6.04 Å². The normalized spacial score (nSPS) is 11.9. The molecule has 0 fully saturated rings. The van der Waals surface area contributed by atoms with E-state index in [-0.39, 0.29) is 0 Å². The highest BCUT2D eigenvalue weighted by molar-refractivity contribution is 9.10. The largest absolute Gasteiger partial charge is 0.497 e. The molecule has 1 heterocycles. The molecule has 0 N–H and O–H groups in total. The molecule has 0 aliphatic heterocycles. The van der Waals surface area contributed by atoms with Crippen LogP contribution in [0.1, 0.15) is 17.3 Å². The highest BCUT2D eigenvalue weighted by Crippen LogP contribution is 2.24. The zero-order chi connectivity index (χ0) is 13.7. The quantitative estimate of drug-likeness (QED) is 0.785. The van der Waals surface area contributed by atoms with Crippen molar-refractivity contribution >= 4 is 15.9 Å². The number of halogens is 1. The third-order valence-electron chi connectivity index (χ3n) is 2.81. The molecule has 1 aromatic carbocycles. The van der Waals surface area contributed by atoms with Gasteiger partial charge in [0.1, 0.15) is 11.8 Å². The Kier molecular flexibility index (Phi) is 4.63. The highest BCUT2D eigenvalue weighted by atomic mass is 79.9. The standard InChI is InChI=1S/C14H13BrN2O2/c1-19-13-4-2-10(3-5-13)14(17-18)9-12-8-11(15)6-7-16-12/h2-8,14H,9H2,1H3. The van der Waals surface area contributed by atoms with Crippen LogP contribution < -0.4 is 4.74 Å². The summed E-state index contributed by atoms with van der Waals surface area (Å²) < 4.78 is 6.03. The average Bonchev–Trinajstić information content (AvgIpc) is 2.45. The number of nitroso groups, excluding NO2 is 1. The van der Waals surface area contributed by atoms with E-state index in [1.54, 1.807) is 13.3 Å². The lowest BCUT2D eigenvalue weighted by Crippen LogP contribution is -2.01. The van der Waals surface area contributed by atoms with Crippen molar-refractivity contribution in [3.8, 4) is 5.75 Å². The molecule has 1 aromatic heterocycles. The highest BCUT2D eigenvalue weighted by Gasteiger charge is 2.13. The molecule has 2 rings (SSSR count). The minimum Gasteiger partial charge on any atom is -0.497 e. The van der Waals surface area contributed by atoms with Crippen LogP contribution in [0.5, 0.6) is 5.75 Å². The summed E-state index contributed by atoms with van der Waals surface area (Å²) in [5, 5.41) is 3.19. The van der Waals surface area contributed by atoms with E-state index in [4.69, 9.17) is 4.74 Å². The number of ether oxygens (including phenoxy) is 1. The fourth-order valence-electron chi connectivity index (χ4n) is 1.80. The van der Waals surface area contributed by atoms with E-state index in [1.165, 1.54) is 0 Å². The smallest absolute Gasteiger partial charge is 0.122 e. The van der Waals surface area contributed by atoms with Gasteiger partial charge in [0.25, 0.3) is 0 Å². The van der Waals surface area contributed by atoms with Gasteiger partial charge in [-0.25, -0.2) is 0 Å². The van der Waals surface area contributed by atoms with E-state index >= 15 is 0 Å². The molecule has 0 aliphatic carbocycles. The number of rotatable bonds is 5. The third-order valence-corrected chi connectivity index (χ3v) is 3.30. The molecule has 5 heteroatoms. The molecular weight excluding hydrogens is 308 g/mol. The average molecular weight is 321 g/mol. The fourth-order valence-corrected chi connectivity index (χ4v) is 2.18. The number of aromatic nitrogens is 1. The second-order valence-corrected chi connectivity index (χ2v) is 4.98. The Labute approximate surface area is 119 Å². The first kappa shape index (κ1) is 13.7. The molecule has 0 bridgehead atoms. The lowest BCUT2D eigenvalue weighted by Gasteiger charge is -2.10. The van der Waals surface area contributed by atoms with Gasteiger partial charge in [-0.15, -0.1) is 0 Å². The monoisotopic (exact) mass is 320 g/mol. The second-order valence-electron chi connectivity index (χ2n) is 4.06. The summed E-state index contributed by atoms with van der Waals surface area (Å²) in [6.07, 6.45) is 2.19. The maximum Gasteiger partial charge on any atom is 0.122 e. The van der Waals surface area contributed by atoms with Crippen LogP contribution in [-0.2, 0) is 6.42 Å². The zero-order valence-electron chi connectivity index (χ0n) is 10.4. The Morgan fingerprint density at radius 1 is 1.32 bits per heavy atom. The van der Waals surface area contributed by atoms with Gasteiger partial charge in [0.05, 0.1) is 7.11 Å². The van der Waals surface area contributed by atoms with Crippen molar-refractivity contribution < 1.29 is 4.74 Å². The third kappa shape index (κ3) is 3.61. The van der Waals surface area contributed by atoms with Crippen molar-refractivity contribution in [2.24, 2.45) is 5.18 Å². The molecule has 98 valence electrons. The molecule has 2 aromatic rings. The Bertz CT molecular complexity index is 558. The number of nitrogens with zero attached hydrogens (tertiary/aromatic N) is 2. The van der Waals surface area contributed by atoms with Gasteiger partial charge in [0, 0.05) is 22.8 Å². The van der Waals surface area contributed by atoms with E-state index in [0.717, 1.165) is 21.5 Å². The van der Waals surface area contributed by atoms with E-state index in [1.807, 2.05) is 36.4 Å². The Balaban J connectivity index is 2.17. The second kappa shape index (κ2) is 6.43. The van der Waals surface area contributed by atoms with Gasteiger partial charge < -0.3 is 4.74 Å². The molecule has 1 unspecified atom stereocenters. The van der Waals surface area contributed by atoms with Crippen molar-refractivity contribution in [2.45, 2.75) is 12.5 Å². The van der Waals surface area contributed by atoms with Crippen molar-refractivity contribution in [2.75, 3.05) is 7.11 Å². The lowest BCUT2D eigenvalue weighted by molar-refractivity contribution is 0.414. The summed E-state index contributed by atoms with van der Waals surface area (Å²) in [4.78, 5) is 15.3. The van der Waals surface area contributed by atoms with Crippen LogP contribution in [-0.4, -0.2) is 12.1 Å². The summed E-state index contributed by atoms with van der Waals surface area (Å²) in [5.41, 5.74) is 1.69. The Morgan fingerprint density at radius 3 is 2.63 bits per heavy atom. The van der Waals surface area contributed by atoms with Crippen LogP contribution in [0.15, 0.2) is 52.2 Å². The van der Waals surface area contributed by atoms with E-state index in [9.17, 15) is 4.91 Å². The fraction of sp³-hybridized carbons (Fsp3) is 0.214. The van der Waals surface area contributed by atoms with Crippen LogP contribution in [0.2, 0.25) is 0 Å². The SMILES string of the molecule is COc1ccc(C(Cc2cc(Br)ccn2)N=O)cc1. The molecule has 0 amide bonds. The number of methoxy groups -OCH3 is 1. The van der Waals surface area contributed by atoms with Crippen molar-refractivity contribution in [3.05, 3.63) is 63.2 Å². The van der Waals surface area contributed by atoms with Gasteiger partial charge in [-0.05, 0) is 29.8 Å². The summed E-state index contributed by atoms with van der Waals surface area (Å²) in [6.45, 7) is 0. The van der Waals surface area contributed by atoms with E-state index in [0.29, 0.717) is 6.42 Å². The molecule has 4 nitrogen and oxygen atoms in total. The molecule has 0 saturated carbocycles. The van der Waals surface area contributed by atoms with Gasteiger partial charge in [-0.2, -0.15) is 4.91 Å². The summed E-state index contributed by atoms with van der Waals surface area (Å²) in [6, 6.07) is 10.6. The first-order valence-electron chi connectivity index (χ1n) is 5.80. The van der Waals surface area contributed by atoms with Crippen LogP contribution in [0.25, 0.3) is 0 Å². The number of pyridine rings is 1. The first-order chi connectivity index (χ1) is 9.22. The maximum atomic E-state index is 11.0. The number of benzene rings is 1. The molecule has 0 saturated heterocycles. The van der Waals surface area contributed by atoms with Crippen molar-refractivity contribution in [1.82, 2.24) is 4.98 Å². The lowest BCUT2D eigenvalue weighted by atomic mass is 10.0. The first-order valence-corrected chi connectivity index (χ1v) is 6.59. The zero-order valence-corrected chi connectivity index (χ0v) is 12.0. The maximum absolute atomic E-state index is 11.0. The van der Waals surface area contributed by atoms with Gasteiger partial charge in [0.2, 0.25) is 0 Å². The molecule has 0 radical (unpaired) electrons. The molecule has 0 aliphatic rings.